The normalized spacial score (nSPS) is 11.3. The number of nitrogens with two attached hydrogens (primary N) is 1. The molecule has 84 valence electrons. The maximum Gasteiger partial charge on any atom is 0.149 e. The third kappa shape index (κ3) is 4.16. The quantitative estimate of drug-likeness (QED) is 0.782. The summed E-state index contributed by atoms with van der Waals surface area (Å²) in [7, 11) is -2.95. The molecule has 0 fully saturated rings. The van der Waals surface area contributed by atoms with Crippen molar-refractivity contribution in [3.05, 3.63) is 17.8 Å². The third-order valence-corrected chi connectivity index (χ3v) is 2.76. The highest BCUT2D eigenvalue weighted by molar-refractivity contribution is 7.90. The van der Waals surface area contributed by atoms with Crippen LogP contribution in [0.15, 0.2) is 12.3 Å². The maximum atomic E-state index is 10.9. The number of nitrogens with one attached hydrogen (secondary N) is 1. The van der Waals surface area contributed by atoms with Crippen LogP contribution in [-0.4, -0.2) is 32.0 Å². The van der Waals surface area contributed by atoms with Gasteiger partial charge in [0.1, 0.15) is 15.7 Å². The Morgan fingerprint density at radius 2 is 2.20 bits per heavy atom. The molecule has 15 heavy (non-hydrogen) atoms. The van der Waals surface area contributed by atoms with Crippen LogP contribution >= 0.6 is 0 Å². The topological polar surface area (TPSA) is 85.1 Å². The molecule has 1 rings (SSSR count). The molecular weight excluding hydrogens is 214 g/mol. The van der Waals surface area contributed by atoms with Gasteiger partial charge in [0.15, 0.2) is 0 Å². The summed E-state index contributed by atoms with van der Waals surface area (Å²) in [6, 6.07) is 1.79. The molecule has 0 saturated carbocycles. The fraction of sp³-hybridized carbons (Fsp3) is 0.444. The SMILES string of the molecule is Cc1cnc(NCCS(C)(=O)=O)c(N)c1. The number of nitrogen functional groups attached to an aromatic ring is 1. The van der Waals surface area contributed by atoms with E-state index in [9.17, 15) is 8.42 Å². The van der Waals surface area contributed by atoms with E-state index in [4.69, 9.17) is 5.73 Å². The van der Waals surface area contributed by atoms with Crippen molar-refractivity contribution in [3.8, 4) is 0 Å². The molecule has 0 saturated heterocycles. The molecule has 1 aromatic heterocycles. The van der Waals surface area contributed by atoms with Crippen LogP contribution in [0.2, 0.25) is 0 Å². The van der Waals surface area contributed by atoms with Crippen molar-refractivity contribution in [2.24, 2.45) is 0 Å². The van der Waals surface area contributed by atoms with Gasteiger partial charge in [-0.25, -0.2) is 13.4 Å². The lowest BCUT2D eigenvalue weighted by Crippen LogP contribution is -2.15. The van der Waals surface area contributed by atoms with E-state index >= 15 is 0 Å². The minimum absolute atomic E-state index is 0.0714. The first-order valence-electron chi connectivity index (χ1n) is 4.52. The zero-order valence-electron chi connectivity index (χ0n) is 8.82. The minimum atomic E-state index is -2.95. The van der Waals surface area contributed by atoms with Crippen molar-refractivity contribution in [3.63, 3.8) is 0 Å². The summed E-state index contributed by atoms with van der Waals surface area (Å²) < 4.78 is 21.7. The van der Waals surface area contributed by atoms with Gasteiger partial charge in [-0.2, -0.15) is 0 Å². The average molecular weight is 229 g/mol. The Morgan fingerprint density at radius 3 is 2.73 bits per heavy atom. The number of aryl methyl sites for hydroxylation is 1. The highest BCUT2D eigenvalue weighted by Gasteiger charge is 2.03. The summed E-state index contributed by atoms with van der Waals surface area (Å²) in [4.78, 5) is 4.07. The van der Waals surface area contributed by atoms with E-state index in [0.29, 0.717) is 18.1 Å². The predicted octanol–water partition coefficient (Wildman–Crippen LogP) is 0.429. The number of aromatic nitrogens is 1. The molecule has 0 bridgehead atoms. The molecule has 0 atom stereocenters. The van der Waals surface area contributed by atoms with E-state index in [-0.39, 0.29) is 5.75 Å². The van der Waals surface area contributed by atoms with Crippen LogP contribution in [0.5, 0.6) is 0 Å². The number of hydrogen-bond acceptors (Lipinski definition) is 5. The molecule has 0 aliphatic carbocycles. The molecule has 5 nitrogen and oxygen atoms in total. The Labute approximate surface area is 89.6 Å². The van der Waals surface area contributed by atoms with E-state index in [2.05, 4.69) is 10.3 Å². The molecule has 0 unspecified atom stereocenters. The third-order valence-electron chi connectivity index (χ3n) is 1.82. The summed E-state index contributed by atoms with van der Waals surface area (Å²) in [6.45, 7) is 2.21. The van der Waals surface area contributed by atoms with Gasteiger partial charge < -0.3 is 11.1 Å². The van der Waals surface area contributed by atoms with E-state index in [1.807, 2.05) is 6.92 Å². The lowest BCUT2D eigenvalue weighted by atomic mass is 10.3. The molecule has 0 aliphatic rings. The van der Waals surface area contributed by atoms with Gasteiger partial charge in [0, 0.05) is 19.0 Å². The number of hydrogen-bond donors (Lipinski definition) is 2. The monoisotopic (exact) mass is 229 g/mol. The number of anilines is 2. The van der Waals surface area contributed by atoms with Gasteiger partial charge in [0.2, 0.25) is 0 Å². The van der Waals surface area contributed by atoms with E-state index in [0.717, 1.165) is 5.56 Å². The van der Waals surface area contributed by atoms with Crippen molar-refractivity contribution in [2.75, 3.05) is 29.6 Å². The van der Waals surface area contributed by atoms with Gasteiger partial charge in [0.25, 0.3) is 0 Å². The highest BCUT2D eigenvalue weighted by atomic mass is 32.2. The van der Waals surface area contributed by atoms with Crippen molar-refractivity contribution in [2.45, 2.75) is 6.92 Å². The second-order valence-electron chi connectivity index (χ2n) is 3.51. The lowest BCUT2D eigenvalue weighted by molar-refractivity contribution is 0.602. The summed E-state index contributed by atoms with van der Waals surface area (Å²) in [5.41, 5.74) is 7.20. The second kappa shape index (κ2) is 4.48. The standard InChI is InChI=1S/C9H15N3O2S/c1-7-5-8(10)9(12-6-7)11-3-4-15(2,13)14/h5-6H,3-4,10H2,1-2H3,(H,11,12). The van der Waals surface area contributed by atoms with Crippen LogP contribution in [0.3, 0.4) is 0 Å². The van der Waals surface area contributed by atoms with Crippen LogP contribution < -0.4 is 11.1 Å². The van der Waals surface area contributed by atoms with E-state index in [1.165, 1.54) is 6.26 Å². The minimum Gasteiger partial charge on any atom is -0.396 e. The van der Waals surface area contributed by atoms with Crippen molar-refractivity contribution >= 4 is 21.3 Å². The van der Waals surface area contributed by atoms with E-state index in [1.54, 1.807) is 12.3 Å². The first kappa shape index (κ1) is 11.8. The second-order valence-corrected chi connectivity index (χ2v) is 5.77. The first-order valence-corrected chi connectivity index (χ1v) is 6.58. The van der Waals surface area contributed by atoms with Crippen LogP contribution in [0, 0.1) is 6.92 Å². The Hall–Kier alpha value is -1.30. The summed E-state index contributed by atoms with van der Waals surface area (Å²) in [6.07, 6.45) is 2.87. The van der Waals surface area contributed by atoms with Crippen molar-refractivity contribution in [1.82, 2.24) is 4.98 Å². The molecule has 0 amide bonds. The Morgan fingerprint density at radius 1 is 1.53 bits per heavy atom. The summed E-state index contributed by atoms with van der Waals surface area (Å²) in [5, 5.41) is 2.88. The zero-order chi connectivity index (χ0) is 11.5. The molecule has 1 heterocycles. The van der Waals surface area contributed by atoms with Crippen molar-refractivity contribution in [1.29, 1.82) is 0 Å². The summed E-state index contributed by atoms with van der Waals surface area (Å²) in [5.74, 6) is 0.603. The van der Waals surface area contributed by atoms with Crippen LogP contribution in [0.1, 0.15) is 5.56 Å². The van der Waals surface area contributed by atoms with Gasteiger partial charge >= 0.3 is 0 Å². The fourth-order valence-corrected chi connectivity index (χ4v) is 1.57. The van der Waals surface area contributed by atoms with Gasteiger partial charge in [-0.3, -0.25) is 0 Å². The van der Waals surface area contributed by atoms with Crippen LogP contribution in [-0.2, 0) is 9.84 Å². The fourth-order valence-electron chi connectivity index (χ4n) is 1.09. The molecule has 0 radical (unpaired) electrons. The highest BCUT2D eigenvalue weighted by Crippen LogP contribution is 2.15. The Balaban J connectivity index is 2.59. The largest absolute Gasteiger partial charge is 0.396 e. The Kier molecular flexibility index (Phi) is 3.52. The van der Waals surface area contributed by atoms with Crippen LogP contribution in [0.25, 0.3) is 0 Å². The summed E-state index contributed by atoms with van der Waals surface area (Å²) >= 11 is 0. The van der Waals surface area contributed by atoms with Gasteiger partial charge in [-0.1, -0.05) is 0 Å². The average Bonchev–Trinajstić information content (AvgIpc) is 2.07. The Bertz CT molecular complexity index is 443. The molecule has 0 spiro atoms. The molecular formula is C9H15N3O2S. The van der Waals surface area contributed by atoms with E-state index < -0.39 is 9.84 Å². The molecule has 0 aromatic carbocycles. The molecule has 0 aliphatic heterocycles. The molecule has 6 heteroatoms. The molecule has 3 N–H and O–H groups in total. The zero-order valence-corrected chi connectivity index (χ0v) is 9.63. The molecule has 1 aromatic rings. The van der Waals surface area contributed by atoms with Crippen LogP contribution in [0.4, 0.5) is 11.5 Å². The van der Waals surface area contributed by atoms with Gasteiger partial charge in [0.05, 0.1) is 11.4 Å². The van der Waals surface area contributed by atoms with Gasteiger partial charge in [-0.15, -0.1) is 0 Å². The van der Waals surface area contributed by atoms with Crippen molar-refractivity contribution < 1.29 is 8.42 Å². The number of nitrogens with zero attached hydrogens (tertiary/aromatic N) is 1. The number of sulfone groups is 1. The lowest BCUT2D eigenvalue weighted by Gasteiger charge is -2.07. The smallest absolute Gasteiger partial charge is 0.149 e. The number of rotatable bonds is 4. The van der Waals surface area contributed by atoms with Gasteiger partial charge in [-0.05, 0) is 18.6 Å². The first-order chi connectivity index (χ1) is 6.88. The predicted molar refractivity (Wildman–Crippen MR) is 61.6 cm³/mol. The number of pyridine rings is 1. The maximum absolute atomic E-state index is 10.9.